The van der Waals surface area contributed by atoms with E-state index in [1.807, 2.05) is 24.1 Å². The summed E-state index contributed by atoms with van der Waals surface area (Å²) in [5.41, 5.74) is 1.26. The van der Waals surface area contributed by atoms with Crippen molar-refractivity contribution in [1.29, 1.82) is 0 Å². The van der Waals surface area contributed by atoms with Gasteiger partial charge in [0.1, 0.15) is 11.3 Å². The zero-order valence-electron chi connectivity index (χ0n) is 14.3. The molecule has 1 atom stereocenters. The molecule has 1 aromatic carbocycles. The van der Waals surface area contributed by atoms with Crippen LogP contribution in [0.1, 0.15) is 0 Å². The summed E-state index contributed by atoms with van der Waals surface area (Å²) in [6, 6.07) is 6.84. The van der Waals surface area contributed by atoms with E-state index >= 15 is 0 Å². The molecule has 1 fully saturated rings. The highest BCUT2D eigenvalue weighted by molar-refractivity contribution is 5.91. The molecule has 24 heavy (non-hydrogen) atoms. The van der Waals surface area contributed by atoms with Crippen molar-refractivity contribution in [3.8, 4) is 0 Å². The molecule has 2 heterocycles. The molecule has 1 N–H and O–H groups in total. The number of para-hydroxylation sites is 1. The Hall–Kier alpha value is -1.76. The van der Waals surface area contributed by atoms with Crippen LogP contribution in [0.25, 0.3) is 10.9 Å². The van der Waals surface area contributed by atoms with Gasteiger partial charge in [-0.25, -0.2) is 4.39 Å². The predicted molar refractivity (Wildman–Crippen MR) is 94.9 cm³/mol. The first-order valence-electron chi connectivity index (χ1n) is 8.38. The third-order valence-corrected chi connectivity index (χ3v) is 4.66. The van der Waals surface area contributed by atoms with Crippen molar-refractivity contribution in [2.75, 3.05) is 58.3 Å². The van der Waals surface area contributed by atoms with Crippen LogP contribution in [0, 0.1) is 5.82 Å². The Balaban J connectivity index is 1.66. The molecular weight excluding hydrogens is 307 g/mol. The molecule has 3 rings (SSSR count). The van der Waals surface area contributed by atoms with E-state index in [9.17, 15) is 9.50 Å². The molecule has 0 saturated carbocycles. The molecule has 6 heteroatoms. The first kappa shape index (κ1) is 17.1. The SMILES string of the molecule is CN1CCN(CC(O)CN(C)c2ccnc3c(F)cccc23)CC1. The number of fused-ring (bicyclic) bond motifs is 1. The van der Waals surface area contributed by atoms with Gasteiger partial charge in [0.25, 0.3) is 0 Å². The third-order valence-electron chi connectivity index (χ3n) is 4.66. The van der Waals surface area contributed by atoms with E-state index in [1.54, 1.807) is 12.3 Å². The minimum atomic E-state index is -0.449. The summed E-state index contributed by atoms with van der Waals surface area (Å²) in [4.78, 5) is 10.7. The van der Waals surface area contributed by atoms with Gasteiger partial charge in [0.2, 0.25) is 0 Å². The van der Waals surface area contributed by atoms with Crippen LogP contribution < -0.4 is 4.90 Å². The Labute approximate surface area is 142 Å². The van der Waals surface area contributed by atoms with E-state index < -0.39 is 6.10 Å². The van der Waals surface area contributed by atoms with Crippen LogP contribution in [0.5, 0.6) is 0 Å². The highest BCUT2D eigenvalue weighted by atomic mass is 19.1. The number of aliphatic hydroxyl groups excluding tert-OH is 1. The van der Waals surface area contributed by atoms with Crippen LogP contribution in [0.4, 0.5) is 10.1 Å². The van der Waals surface area contributed by atoms with E-state index in [0.717, 1.165) is 37.3 Å². The summed E-state index contributed by atoms with van der Waals surface area (Å²) in [6.45, 7) is 5.21. The summed E-state index contributed by atoms with van der Waals surface area (Å²) >= 11 is 0. The lowest BCUT2D eigenvalue weighted by Gasteiger charge is -2.34. The topological polar surface area (TPSA) is 42.8 Å². The van der Waals surface area contributed by atoms with E-state index in [-0.39, 0.29) is 5.82 Å². The summed E-state index contributed by atoms with van der Waals surface area (Å²) in [6.07, 6.45) is 1.17. The second kappa shape index (κ2) is 7.42. The summed E-state index contributed by atoms with van der Waals surface area (Å²) in [5.74, 6) is -0.319. The van der Waals surface area contributed by atoms with E-state index in [1.165, 1.54) is 6.07 Å². The molecule has 1 unspecified atom stereocenters. The predicted octanol–water partition coefficient (Wildman–Crippen LogP) is 1.42. The van der Waals surface area contributed by atoms with Gasteiger partial charge in [-0.05, 0) is 19.2 Å². The number of piperazine rings is 1. The smallest absolute Gasteiger partial charge is 0.149 e. The zero-order valence-corrected chi connectivity index (χ0v) is 14.3. The number of β-amino-alcohol motifs (C(OH)–C–C–N with tert-alkyl or cyclic N) is 1. The second-order valence-corrected chi connectivity index (χ2v) is 6.60. The van der Waals surface area contributed by atoms with Crippen molar-refractivity contribution in [1.82, 2.24) is 14.8 Å². The van der Waals surface area contributed by atoms with Gasteiger partial charge in [-0.2, -0.15) is 0 Å². The molecule has 0 aliphatic carbocycles. The average molecular weight is 332 g/mol. The molecule has 1 aliphatic rings. The van der Waals surface area contributed by atoms with Crippen LogP contribution >= 0.6 is 0 Å². The normalized spacial score (nSPS) is 18.0. The number of nitrogens with zero attached hydrogens (tertiary/aromatic N) is 4. The number of anilines is 1. The molecule has 0 bridgehead atoms. The minimum Gasteiger partial charge on any atom is -0.390 e. The first-order chi connectivity index (χ1) is 11.5. The fourth-order valence-corrected chi connectivity index (χ4v) is 3.26. The fourth-order valence-electron chi connectivity index (χ4n) is 3.26. The number of rotatable bonds is 5. The zero-order chi connectivity index (χ0) is 17.1. The van der Waals surface area contributed by atoms with Gasteiger partial charge < -0.3 is 14.9 Å². The van der Waals surface area contributed by atoms with E-state index in [2.05, 4.69) is 21.8 Å². The number of hydrogen-bond acceptors (Lipinski definition) is 5. The second-order valence-electron chi connectivity index (χ2n) is 6.60. The number of benzene rings is 1. The Morgan fingerprint density at radius 3 is 2.75 bits per heavy atom. The van der Waals surface area contributed by atoms with Gasteiger partial charge >= 0.3 is 0 Å². The van der Waals surface area contributed by atoms with Crippen molar-refractivity contribution >= 4 is 16.6 Å². The Bertz CT molecular complexity index is 688. The number of hydrogen-bond donors (Lipinski definition) is 1. The monoisotopic (exact) mass is 332 g/mol. The fraction of sp³-hybridized carbons (Fsp3) is 0.500. The van der Waals surface area contributed by atoms with E-state index in [0.29, 0.717) is 18.6 Å². The van der Waals surface area contributed by atoms with Crippen LogP contribution in [0.3, 0.4) is 0 Å². The summed E-state index contributed by atoms with van der Waals surface area (Å²) < 4.78 is 13.9. The van der Waals surface area contributed by atoms with Crippen LogP contribution in [0.15, 0.2) is 30.5 Å². The number of aromatic nitrogens is 1. The highest BCUT2D eigenvalue weighted by Crippen LogP contribution is 2.26. The number of aliphatic hydroxyl groups is 1. The maximum absolute atomic E-state index is 13.9. The van der Waals surface area contributed by atoms with E-state index in [4.69, 9.17) is 0 Å². The van der Waals surface area contributed by atoms with Crippen LogP contribution in [-0.4, -0.2) is 79.4 Å². The molecule has 0 spiro atoms. The quantitative estimate of drug-likeness (QED) is 0.897. The Morgan fingerprint density at radius 1 is 1.25 bits per heavy atom. The number of likely N-dealkylation sites (N-methyl/N-ethyl adjacent to an activating group) is 2. The largest absolute Gasteiger partial charge is 0.390 e. The molecule has 0 amide bonds. The van der Waals surface area contributed by atoms with Crippen molar-refractivity contribution < 1.29 is 9.50 Å². The summed E-state index contributed by atoms with van der Waals surface area (Å²) in [7, 11) is 4.04. The minimum absolute atomic E-state index is 0.319. The average Bonchev–Trinajstić information content (AvgIpc) is 2.57. The maximum atomic E-state index is 13.9. The molecule has 2 aromatic rings. The number of pyridine rings is 1. The van der Waals surface area contributed by atoms with Crippen molar-refractivity contribution in [2.45, 2.75) is 6.10 Å². The molecule has 1 aromatic heterocycles. The molecule has 5 nitrogen and oxygen atoms in total. The van der Waals surface area contributed by atoms with Crippen LogP contribution in [0.2, 0.25) is 0 Å². The van der Waals surface area contributed by atoms with Gasteiger partial charge in [0.05, 0.1) is 6.10 Å². The Morgan fingerprint density at radius 2 is 2.00 bits per heavy atom. The number of halogens is 1. The molecule has 130 valence electrons. The van der Waals surface area contributed by atoms with Gasteiger partial charge in [0.15, 0.2) is 0 Å². The van der Waals surface area contributed by atoms with Gasteiger partial charge in [-0.15, -0.1) is 0 Å². The van der Waals surface area contributed by atoms with Gasteiger partial charge in [0, 0.05) is 63.6 Å². The molecule has 1 aliphatic heterocycles. The van der Waals surface area contributed by atoms with Gasteiger partial charge in [-0.3, -0.25) is 9.88 Å². The Kier molecular flexibility index (Phi) is 5.28. The maximum Gasteiger partial charge on any atom is 0.149 e. The third kappa shape index (κ3) is 3.83. The van der Waals surface area contributed by atoms with Crippen molar-refractivity contribution in [3.05, 3.63) is 36.3 Å². The molecule has 0 radical (unpaired) electrons. The standard InChI is InChI=1S/C18H25FN4O/c1-21-8-10-23(11-9-21)13-14(24)12-22(2)17-6-7-20-18-15(17)4-3-5-16(18)19/h3-7,14,24H,8-13H2,1-2H3. The molecule has 1 saturated heterocycles. The lowest BCUT2D eigenvalue weighted by molar-refractivity contribution is 0.0843. The highest BCUT2D eigenvalue weighted by Gasteiger charge is 2.19. The first-order valence-corrected chi connectivity index (χ1v) is 8.38. The lowest BCUT2D eigenvalue weighted by Crippen LogP contribution is -2.48. The van der Waals surface area contributed by atoms with Gasteiger partial charge in [-0.1, -0.05) is 12.1 Å². The summed E-state index contributed by atoms with van der Waals surface area (Å²) in [5, 5.41) is 11.2. The molecular formula is C18H25FN4O. The lowest BCUT2D eigenvalue weighted by atomic mass is 10.1. The van der Waals surface area contributed by atoms with Crippen molar-refractivity contribution in [2.24, 2.45) is 0 Å². The van der Waals surface area contributed by atoms with Crippen LogP contribution in [-0.2, 0) is 0 Å². The van der Waals surface area contributed by atoms with Crippen molar-refractivity contribution in [3.63, 3.8) is 0 Å².